The van der Waals surface area contributed by atoms with Crippen molar-refractivity contribution < 1.29 is 80.6 Å². The molecule has 0 saturated carbocycles. The molecule has 6 aromatic carbocycles. The van der Waals surface area contributed by atoms with E-state index in [1.165, 1.54) is 36.4 Å². The molecule has 0 aliphatic rings. The summed E-state index contributed by atoms with van der Waals surface area (Å²) >= 11 is 0. The van der Waals surface area contributed by atoms with Gasteiger partial charge in [0.25, 0.3) is 20.2 Å². The summed E-state index contributed by atoms with van der Waals surface area (Å²) in [7, 11) is -10.4. The molecular weight excluding hydrogens is 865 g/mol. The highest BCUT2D eigenvalue weighted by Gasteiger charge is 2.25. The van der Waals surface area contributed by atoms with Crippen LogP contribution in [0.25, 0.3) is 21.5 Å². The first-order valence-electron chi connectivity index (χ1n) is 16.7. The second kappa shape index (κ2) is 16.3. The van der Waals surface area contributed by atoms with Gasteiger partial charge >= 0.3 is 29.9 Å². The molecule has 0 radical (unpaired) electrons. The third-order valence-corrected chi connectivity index (χ3v) is 10.4. The van der Waals surface area contributed by atoms with E-state index in [1.807, 2.05) is 0 Å². The average Bonchev–Trinajstić information content (AvgIpc) is 3.18. The molecule has 0 aliphatic carbocycles. The molecular formula is C37H24N6O17S2. The number of phenols is 2. The normalized spacial score (nSPS) is 11.9. The third-order valence-electron chi connectivity index (χ3n) is 8.64. The predicted octanol–water partition coefficient (Wildman–Crippen LogP) is 7.17. The van der Waals surface area contributed by atoms with Crippen LogP contribution in [0.4, 0.5) is 38.9 Å². The third kappa shape index (κ3) is 8.94. The quantitative estimate of drug-likeness (QED) is 0.0430. The largest absolute Gasteiger partial charge is 0.505 e. The SMILES string of the molecule is O=C(Nc1ccc2c(O)c(N=Nc3cc(C(=O)O)ccc3C(=O)O)c(S(=O)(=O)O)cc2c1)Nc1ccc2c(O)c(N=Nc3cc(C(=O)O)ccc3C(=O)O)c(S(=O)(=O)O)cc2c1. The molecule has 0 aromatic heterocycles. The van der Waals surface area contributed by atoms with E-state index in [4.69, 9.17) is 0 Å². The number of anilines is 2. The molecule has 62 heavy (non-hydrogen) atoms. The lowest BCUT2D eigenvalue weighted by molar-refractivity contribution is 0.0682. The number of aromatic hydroxyl groups is 2. The topological polar surface area (TPSA) is 389 Å². The summed E-state index contributed by atoms with van der Waals surface area (Å²) in [5.74, 6) is -7.71. The number of phenolic OH excluding ortho intramolecular Hbond substituents is 2. The number of carbonyl (C=O) groups excluding carboxylic acids is 1. The van der Waals surface area contributed by atoms with Crippen molar-refractivity contribution in [1.82, 2.24) is 0 Å². The smallest absolute Gasteiger partial charge is 0.337 e. The van der Waals surface area contributed by atoms with Gasteiger partial charge in [-0.1, -0.05) is 0 Å². The average molecular weight is 889 g/mol. The highest BCUT2D eigenvalue weighted by atomic mass is 32.2. The van der Waals surface area contributed by atoms with Crippen molar-refractivity contribution in [2.24, 2.45) is 20.5 Å². The Morgan fingerprint density at radius 1 is 0.468 bits per heavy atom. The minimum absolute atomic E-state index is 0.0244. The van der Waals surface area contributed by atoms with E-state index < -0.39 is 116 Å². The number of aromatic carboxylic acids is 4. The molecule has 0 unspecified atom stereocenters. The van der Waals surface area contributed by atoms with Crippen LogP contribution in [0.5, 0.6) is 11.5 Å². The van der Waals surface area contributed by atoms with Crippen molar-refractivity contribution in [3.05, 3.63) is 107 Å². The number of rotatable bonds is 12. The summed E-state index contributed by atoms with van der Waals surface area (Å²) in [6.45, 7) is 0. The Bertz CT molecular complexity index is 3050. The van der Waals surface area contributed by atoms with E-state index in [9.17, 15) is 80.6 Å². The number of carboxylic acids is 4. The highest BCUT2D eigenvalue weighted by molar-refractivity contribution is 7.86. The molecule has 2 amide bonds. The molecule has 0 spiro atoms. The fourth-order valence-corrected chi connectivity index (χ4v) is 7.12. The number of fused-ring (bicyclic) bond motifs is 2. The van der Waals surface area contributed by atoms with Crippen molar-refractivity contribution in [3.8, 4) is 11.5 Å². The maximum absolute atomic E-state index is 13.1. The Morgan fingerprint density at radius 3 is 1.16 bits per heavy atom. The van der Waals surface area contributed by atoms with Gasteiger partial charge in [-0.3, -0.25) is 9.11 Å². The van der Waals surface area contributed by atoms with Crippen LogP contribution in [-0.4, -0.2) is 86.5 Å². The predicted molar refractivity (Wildman–Crippen MR) is 213 cm³/mol. The molecule has 10 N–H and O–H groups in total. The van der Waals surface area contributed by atoms with Gasteiger partial charge in [-0.15, -0.1) is 20.5 Å². The number of carbonyl (C=O) groups is 5. The van der Waals surface area contributed by atoms with Gasteiger partial charge < -0.3 is 41.3 Å². The Labute approximate surface area is 345 Å². The molecule has 0 bridgehead atoms. The molecule has 316 valence electrons. The summed E-state index contributed by atoms with van der Waals surface area (Å²) < 4.78 is 69.5. The highest BCUT2D eigenvalue weighted by Crippen LogP contribution is 2.44. The van der Waals surface area contributed by atoms with E-state index in [0.717, 1.165) is 48.5 Å². The van der Waals surface area contributed by atoms with Gasteiger partial charge in [-0.2, -0.15) is 16.8 Å². The molecule has 6 rings (SSSR count). The first kappa shape index (κ1) is 43.2. The molecule has 0 heterocycles. The van der Waals surface area contributed by atoms with E-state index in [1.54, 1.807) is 0 Å². The van der Waals surface area contributed by atoms with Gasteiger partial charge in [0.05, 0.1) is 22.3 Å². The first-order valence-corrected chi connectivity index (χ1v) is 19.6. The second-order valence-corrected chi connectivity index (χ2v) is 15.4. The fraction of sp³-hybridized carbons (Fsp3) is 0. The molecule has 0 atom stereocenters. The van der Waals surface area contributed by atoms with E-state index in [2.05, 4.69) is 31.1 Å². The zero-order chi connectivity index (χ0) is 45.4. The standard InChI is InChI=1S/C37H24N6O17S2/c44-31-21-7-3-19(9-17(21)13-27(61(55,56)57)29(31)42-40-25-11-15(33(46)47)1-5-23(25)35(50)51)38-37(54)39-20-4-8-22-18(10-20)14-28(62(58,59)60)30(32(22)45)43-41-26-12-16(34(48)49)2-6-24(26)36(52)53/h1-14,44-45H,(H,46,47)(H,48,49)(H,50,51)(H,52,53)(H2,38,39,54)(H,55,56,57)(H,58,59,60). The van der Waals surface area contributed by atoms with Gasteiger partial charge in [0.2, 0.25) is 0 Å². The number of nitrogens with zero attached hydrogens (tertiary/aromatic N) is 4. The van der Waals surface area contributed by atoms with Crippen molar-refractivity contribution >= 4 is 106 Å². The fourth-order valence-electron chi connectivity index (χ4n) is 5.80. The number of azo groups is 2. The monoisotopic (exact) mass is 888 g/mol. The summed E-state index contributed by atoms with van der Waals surface area (Å²) in [6, 6.07) is 13.5. The Kier molecular flexibility index (Phi) is 11.4. The number of urea groups is 1. The van der Waals surface area contributed by atoms with Crippen LogP contribution < -0.4 is 10.6 Å². The van der Waals surface area contributed by atoms with Crippen molar-refractivity contribution in [2.75, 3.05) is 10.6 Å². The van der Waals surface area contributed by atoms with Crippen molar-refractivity contribution in [1.29, 1.82) is 0 Å². The maximum atomic E-state index is 13.1. The maximum Gasteiger partial charge on any atom is 0.337 e. The first-order chi connectivity index (χ1) is 29.0. The van der Waals surface area contributed by atoms with Crippen LogP contribution in [-0.2, 0) is 20.2 Å². The zero-order valence-corrected chi connectivity index (χ0v) is 32.1. The van der Waals surface area contributed by atoms with Crippen molar-refractivity contribution in [2.45, 2.75) is 9.79 Å². The molecule has 6 aromatic rings. The van der Waals surface area contributed by atoms with Crippen LogP contribution in [0.2, 0.25) is 0 Å². The lowest BCUT2D eigenvalue weighted by atomic mass is 10.1. The Balaban J connectivity index is 1.30. The number of hydrogen-bond donors (Lipinski definition) is 10. The Hall–Kier alpha value is -8.39. The number of carboxylic acid groups (broad SMARTS) is 4. The molecule has 25 heteroatoms. The minimum Gasteiger partial charge on any atom is -0.505 e. The Morgan fingerprint density at radius 2 is 0.839 bits per heavy atom. The van der Waals surface area contributed by atoms with Gasteiger partial charge in [0.15, 0.2) is 11.5 Å². The second-order valence-electron chi connectivity index (χ2n) is 12.6. The molecule has 0 aliphatic heterocycles. The zero-order valence-electron chi connectivity index (χ0n) is 30.4. The van der Waals surface area contributed by atoms with Gasteiger partial charge in [-0.05, 0) is 95.7 Å². The summed E-state index contributed by atoms with van der Waals surface area (Å²) in [5, 5.41) is 78.6. The number of hydrogen-bond acceptors (Lipinski definition) is 15. The van der Waals surface area contributed by atoms with Crippen LogP contribution >= 0.6 is 0 Å². The van der Waals surface area contributed by atoms with Crippen molar-refractivity contribution in [3.63, 3.8) is 0 Å². The number of amides is 2. The van der Waals surface area contributed by atoms with Crippen LogP contribution in [0.3, 0.4) is 0 Å². The van der Waals surface area contributed by atoms with Crippen LogP contribution in [0.1, 0.15) is 41.4 Å². The lowest BCUT2D eigenvalue weighted by Crippen LogP contribution is -2.19. The molecule has 0 saturated heterocycles. The van der Waals surface area contributed by atoms with E-state index in [0.29, 0.717) is 0 Å². The number of benzene rings is 6. The lowest BCUT2D eigenvalue weighted by Gasteiger charge is -2.13. The summed E-state index contributed by atoms with van der Waals surface area (Å²) in [4.78, 5) is 57.2. The summed E-state index contributed by atoms with van der Waals surface area (Å²) in [5.41, 5.74) is -4.64. The van der Waals surface area contributed by atoms with Gasteiger partial charge in [-0.25, -0.2) is 24.0 Å². The van der Waals surface area contributed by atoms with Gasteiger partial charge in [0, 0.05) is 22.1 Å². The number of nitrogens with one attached hydrogen (secondary N) is 2. The van der Waals surface area contributed by atoms with Crippen LogP contribution in [0, 0.1) is 0 Å². The van der Waals surface area contributed by atoms with E-state index in [-0.39, 0.29) is 32.9 Å². The molecule has 0 fully saturated rings. The molecule has 23 nitrogen and oxygen atoms in total. The summed E-state index contributed by atoms with van der Waals surface area (Å²) in [6.07, 6.45) is 0. The van der Waals surface area contributed by atoms with Crippen LogP contribution in [0.15, 0.2) is 115 Å². The minimum atomic E-state index is -5.19. The van der Waals surface area contributed by atoms with Gasteiger partial charge in [0.1, 0.15) is 32.5 Å². The van der Waals surface area contributed by atoms with E-state index >= 15 is 0 Å².